The van der Waals surface area contributed by atoms with E-state index in [1.807, 2.05) is 12.1 Å². The Morgan fingerprint density at radius 1 is 1.28 bits per heavy atom. The molecule has 5 nitrogen and oxygen atoms in total. The van der Waals surface area contributed by atoms with Crippen molar-refractivity contribution < 1.29 is 9.66 Å². The number of allylic oxidation sites excluding steroid dienone is 2. The molecule has 2 aromatic rings. The number of anilines is 1. The molecule has 1 aliphatic heterocycles. The van der Waals surface area contributed by atoms with Crippen LogP contribution in [0.2, 0.25) is 0 Å². The highest BCUT2D eigenvalue weighted by Gasteiger charge is 2.38. The Bertz CT molecular complexity index is 881. The molecule has 1 aliphatic carbocycles. The van der Waals surface area contributed by atoms with E-state index in [-0.39, 0.29) is 22.4 Å². The smallest absolute Gasteiger partial charge is 0.311 e. The van der Waals surface area contributed by atoms with Crippen molar-refractivity contribution in [1.29, 1.82) is 0 Å². The van der Waals surface area contributed by atoms with Crippen molar-refractivity contribution in [3.05, 3.63) is 74.3 Å². The van der Waals surface area contributed by atoms with Gasteiger partial charge >= 0.3 is 5.69 Å². The Labute approximate surface area is 154 Å². The molecule has 0 unspecified atom stereocenters. The molecule has 25 heavy (non-hydrogen) atoms. The Kier molecular flexibility index (Phi) is 4.00. The van der Waals surface area contributed by atoms with Crippen LogP contribution < -0.4 is 10.1 Å². The number of nitro benzene ring substituents is 1. The van der Waals surface area contributed by atoms with Crippen LogP contribution in [0.3, 0.4) is 0 Å². The van der Waals surface area contributed by atoms with Crippen LogP contribution in [-0.2, 0) is 0 Å². The fourth-order valence-corrected chi connectivity index (χ4v) is 4.32. The highest BCUT2D eigenvalue weighted by molar-refractivity contribution is 9.10. The molecule has 6 heteroatoms. The van der Waals surface area contributed by atoms with E-state index in [4.69, 9.17) is 4.74 Å². The van der Waals surface area contributed by atoms with Crippen LogP contribution in [-0.4, -0.2) is 12.0 Å². The summed E-state index contributed by atoms with van der Waals surface area (Å²) in [5, 5.41) is 15.0. The van der Waals surface area contributed by atoms with Crippen molar-refractivity contribution in [2.75, 3.05) is 12.4 Å². The molecule has 0 spiro atoms. The van der Waals surface area contributed by atoms with Gasteiger partial charge < -0.3 is 10.1 Å². The van der Waals surface area contributed by atoms with Crippen LogP contribution in [0.1, 0.15) is 29.5 Å². The third-order valence-corrected chi connectivity index (χ3v) is 5.58. The van der Waals surface area contributed by atoms with Crippen LogP contribution in [0.4, 0.5) is 11.4 Å². The van der Waals surface area contributed by atoms with Crippen molar-refractivity contribution in [2.45, 2.75) is 18.4 Å². The van der Waals surface area contributed by atoms with Crippen molar-refractivity contribution in [3.63, 3.8) is 0 Å². The molecule has 128 valence electrons. The standard InChI is InChI=1S/C19H17BrN2O3/c1-25-18-8-5-11(9-17(18)22(23)24)19-14-4-2-3-13(14)15-10-12(20)6-7-16(15)21-19/h2-3,5-10,13-14,19,21H,4H2,1H3/t13-,14+,19+/m1/s1. The SMILES string of the molecule is COc1ccc([C@@H]2Nc3ccc(Br)cc3[C@@H]3C=CC[C@@H]32)cc1[N+](=O)[O-]. The summed E-state index contributed by atoms with van der Waals surface area (Å²) in [5.41, 5.74) is 3.28. The zero-order chi connectivity index (χ0) is 17.6. The van der Waals surface area contributed by atoms with E-state index in [0.29, 0.717) is 11.8 Å². The summed E-state index contributed by atoms with van der Waals surface area (Å²) in [6.07, 6.45) is 5.41. The molecule has 0 saturated heterocycles. The van der Waals surface area contributed by atoms with Gasteiger partial charge in [0.2, 0.25) is 0 Å². The summed E-state index contributed by atoms with van der Waals surface area (Å²) >= 11 is 3.55. The molecule has 0 amide bonds. The minimum absolute atomic E-state index is 0.00547. The molecule has 0 aromatic heterocycles. The third-order valence-electron chi connectivity index (χ3n) is 5.08. The first-order chi connectivity index (χ1) is 12.1. The fraction of sp³-hybridized carbons (Fsp3) is 0.263. The molecule has 2 aliphatic rings. The van der Waals surface area contributed by atoms with Crippen molar-refractivity contribution in [3.8, 4) is 5.75 Å². The second-order valence-corrected chi connectivity index (χ2v) is 7.31. The first-order valence-corrected chi connectivity index (χ1v) is 8.93. The minimum atomic E-state index is -0.388. The van der Waals surface area contributed by atoms with Gasteiger partial charge in [-0.3, -0.25) is 10.1 Å². The summed E-state index contributed by atoms with van der Waals surface area (Å²) in [6, 6.07) is 11.5. The molecular weight excluding hydrogens is 384 g/mol. The van der Waals surface area contributed by atoms with E-state index < -0.39 is 0 Å². The topological polar surface area (TPSA) is 64.4 Å². The first kappa shape index (κ1) is 16.1. The molecule has 2 aromatic carbocycles. The van der Waals surface area contributed by atoms with Crippen LogP contribution in [0.25, 0.3) is 0 Å². The number of nitrogens with zero attached hydrogens (tertiary/aromatic N) is 1. The molecular formula is C19H17BrN2O3. The normalized spacial score (nSPS) is 23.5. The van der Waals surface area contributed by atoms with Crippen molar-refractivity contribution in [1.82, 2.24) is 0 Å². The minimum Gasteiger partial charge on any atom is -0.490 e. The quantitative estimate of drug-likeness (QED) is 0.437. The Morgan fingerprint density at radius 2 is 2.12 bits per heavy atom. The summed E-state index contributed by atoms with van der Waals surface area (Å²) in [4.78, 5) is 11.0. The average molecular weight is 401 g/mol. The number of fused-ring (bicyclic) bond motifs is 3. The van der Waals surface area contributed by atoms with Gasteiger partial charge in [0.1, 0.15) is 0 Å². The predicted octanol–water partition coefficient (Wildman–Crippen LogP) is 5.19. The lowest BCUT2D eigenvalue weighted by Crippen LogP contribution is -2.29. The number of nitro groups is 1. The number of methoxy groups -OCH3 is 1. The highest BCUT2D eigenvalue weighted by Crippen LogP contribution is 2.50. The van der Waals surface area contributed by atoms with Crippen molar-refractivity contribution in [2.24, 2.45) is 5.92 Å². The Morgan fingerprint density at radius 3 is 2.88 bits per heavy atom. The molecule has 0 radical (unpaired) electrons. The number of halogens is 1. The molecule has 3 atom stereocenters. The number of rotatable bonds is 3. The summed E-state index contributed by atoms with van der Waals surface area (Å²) < 4.78 is 6.19. The monoisotopic (exact) mass is 400 g/mol. The first-order valence-electron chi connectivity index (χ1n) is 8.13. The van der Waals surface area contributed by atoms with E-state index in [2.05, 4.69) is 45.5 Å². The van der Waals surface area contributed by atoms with Crippen LogP contribution >= 0.6 is 15.9 Å². The van der Waals surface area contributed by atoms with Gasteiger partial charge in [0.05, 0.1) is 18.1 Å². The van der Waals surface area contributed by atoms with Gasteiger partial charge in [0.15, 0.2) is 5.75 Å². The summed E-state index contributed by atoms with van der Waals surface area (Å²) in [5.74, 6) is 0.949. The maximum Gasteiger partial charge on any atom is 0.311 e. The highest BCUT2D eigenvalue weighted by atomic mass is 79.9. The van der Waals surface area contributed by atoms with Gasteiger partial charge in [0.25, 0.3) is 0 Å². The zero-order valence-corrected chi connectivity index (χ0v) is 15.2. The van der Waals surface area contributed by atoms with Gasteiger partial charge in [-0.2, -0.15) is 0 Å². The van der Waals surface area contributed by atoms with E-state index >= 15 is 0 Å². The lowest BCUT2D eigenvalue weighted by molar-refractivity contribution is -0.385. The van der Waals surface area contributed by atoms with E-state index in [1.54, 1.807) is 12.1 Å². The Hall–Kier alpha value is -2.34. The lowest BCUT2D eigenvalue weighted by Gasteiger charge is -2.37. The van der Waals surface area contributed by atoms with E-state index in [1.165, 1.54) is 12.7 Å². The van der Waals surface area contributed by atoms with Crippen molar-refractivity contribution >= 4 is 27.3 Å². The molecule has 1 heterocycles. The number of hydrogen-bond acceptors (Lipinski definition) is 4. The number of hydrogen-bond donors (Lipinski definition) is 1. The van der Waals surface area contributed by atoms with Gasteiger partial charge in [-0.05, 0) is 47.7 Å². The van der Waals surface area contributed by atoms with Gasteiger partial charge in [-0.25, -0.2) is 0 Å². The van der Waals surface area contributed by atoms with Crippen LogP contribution in [0.5, 0.6) is 5.75 Å². The number of nitrogens with one attached hydrogen (secondary N) is 1. The van der Waals surface area contributed by atoms with Crippen LogP contribution in [0.15, 0.2) is 53.0 Å². The maximum absolute atomic E-state index is 11.4. The molecule has 0 fully saturated rings. The van der Waals surface area contributed by atoms with Gasteiger partial charge in [0, 0.05) is 22.1 Å². The van der Waals surface area contributed by atoms with Crippen LogP contribution in [0, 0.1) is 16.0 Å². The zero-order valence-electron chi connectivity index (χ0n) is 13.6. The summed E-state index contributed by atoms with van der Waals surface area (Å²) in [7, 11) is 1.45. The predicted molar refractivity (Wildman–Crippen MR) is 100 cm³/mol. The van der Waals surface area contributed by atoms with Gasteiger partial charge in [-0.15, -0.1) is 0 Å². The van der Waals surface area contributed by atoms with Gasteiger partial charge in [-0.1, -0.05) is 34.1 Å². The van der Waals surface area contributed by atoms with E-state index in [0.717, 1.165) is 22.1 Å². The van der Waals surface area contributed by atoms with E-state index in [9.17, 15) is 10.1 Å². The molecule has 0 bridgehead atoms. The average Bonchev–Trinajstić information content (AvgIpc) is 3.10. The second kappa shape index (κ2) is 6.19. The lowest BCUT2D eigenvalue weighted by atomic mass is 9.77. The fourth-order valence-electron chi connectivity index (χ4n) is 3.94. The second-order valence-electron chi connectivity index (χ2n) is 6.40. The maximum atomic E-state index is 11.4. The largest absolute Gasteiger partial charge is 0.490 e. The third kappa shape index (κ3) is 2.70. The number of benzene rings is 2. The molecule has 1 N–H and O–H groups in total. The summed E-state index contributed by atoms with van der Waals surface area (Å²) in [6.45, 7) is 0. The molecule has 0 saturated carbocycles. The Balaban J connectivity index is 1.78. The molecule has 4 rings (SSSR count). The number of ether oxygens (including phenoxy) is 1.